The van der Waals surface area contributed by atoms with E-state index in [-0.39, 0.29) is 17.2 Å². The fourth-order valence-electron chi connectivity index (χ4n) is 2.83. The normalized spacial score (nSPS) is 22.4. The molecule has 0 spiro atoms. The maximum atomic E-state index is 5.99. The summed E-state index contributed by atoms with van der Waals surface area (Å²) in [6.07, 6.45) is 2.10. The van der Waals surface area contributed by atoms with Crippen molar-refractivity contribution in [2.24, 2.45) is 0 Å². The van der Waals surface area contributed by atoms with E-state index in [4.69, 9.17) is 4.74 Å². The topological polar surface area (TPSA) is 37.4 Å². The highest BCUT2D eigenvalue weighted by atomic mass is 16.5. The number of aromatic nitrogens is 1. The second-order valence-electron chi connectivity index (χ2n) is 7.66. The molecule has 0 aliphatic carbocycles. The molecule has 21 heavy (non-hydrogen) atoms. The first kappa shape index (κ1) is 16.2. The van der Waals surface area contributed by atoms with Gasteiger partial charge in [-0.1, -0.05) is 6.07 Å². The van der Waals surface area contributed by atoms with E-state index in [1.165, 1.54) is 5.56 Å². The summed E-state index contributed by atoms with van der Waals surface area (Å²) in [5.74, 6) is 1.08. The van der Waals surface area contributed by atoms with Gasteiger partial charge in [0.15, 0.2) is 0 Å². The van der Waals surface area contributed by atoms with Crippen molar-refractivity contribution in [3.8, 4) is 0 Å². The number of hydrogen-bond donors (Lipinski definition) is 1. The molecule has 118 valence electrons. The Labute approximate surface area is 128 Å². The number of ether oxygens (including phenoxy) is 1. The van der Waals surface area contributed by atoms with Crippen LogP contribution in [0.2, 0.25) is 0 Å². The highest BCUT2D eigenvalue weighted by Crippen LogP contribution is 2.27. The van der Waals surface area contributed by atoms with E-state index in [1.807, 2.05) is 12.3 Å². The predicted octanol–water partition coefficient (Wildman–Crippen LogP) is 2.97. The van der Waals surface area contributed by atoms with E-state index < -0.39 is 0 Å². The van der Waals surface area contributed by atoms with Crippen LogP contribution < -0.4 is 10.2 Å². The number of hydrogen-bond acceptors (Lipinski definition) is 4. The number of rotatable bonds is 3. The van der Waals surface area contributed by atoms with E-state index >= 15 is 0 Å². The molecule has 0 amide bonds. The number of nitrogens with one attached hydrogen (secondary N) is 1. The predicted molar refractivity (Wildman–Crippen MR) is 87.7 cm³/mol. The Morgan fingerprint density at radius 2 is 2.14 bits per heavy atom. The molecule has 1 saturated heterocycles. The van der Waals surface area contributed by atoms with Gasteiger partial charge in [0.05, 0.1) is 11.7 Å². The SMILES string of the molecule is CC1CN(c2ncccc2CNC(C)(C)C)CC(C)(C)O1. The number of nitrogens with zero attached hydrogens (tertiary/aromatic N) is 2. The maximum Gasteiger partial charge on any atom is 0.133 e. The van der Waals surface area contributed by atoms with Crippen molar-refractivity contribution in [3.63, 3.8) is 0 Å². The first-order valence-corrected chi connectivity index (χ1v) is 7.78. The number of pyridine rings is 1. The molecule has 0 aromatic carbocycles. The summed E-state index contributed by atoms with van der Waals surface area (Å²) in [4.78, 5) is 6.99. The van der Waals surface area contributed by atoms with Crippen LogP contribution in [0.4, 0.5) is 5.82 Å². The average molecular weight is 291 g/mol. The third kappa shape index (κ3) is 4.68. The Bertz CT molecular complexity index is 479. The van der Waals surface area contributed by atoms with Crippen molar-refractivity contribution in [1.82, 2.24) is 10.3 Å². The zero-order chi connectivity index (χ0) is 15.7. The summed E-state index contributed by atoms with van der Waals surface area (Å²) in [6, 6.07) is 4.17. The Hall–Kier alpha value is -1.13. The zero-order valence-electron chi connectivity index (χ0n) is 14.2. The lowest BCUT2D eigenvalue weighted by atomic mass is 10.0. The summed E-state index contributed by atoms with van der Waals surface area (Å²) >= 11 is 0. The molecule has 1 aliphatic rings. The van der Waals surface area contributed by atoms with Crippen LogP contribution in [0.3, 0.4) is 0 Å². The fraction of sp³-hybridized carbons (Fsp3) is 0.706. The molecule has 0 saturated carbocycles. The van der Waals surface area contributed by atoms with Crippen molar-refractivity contribution in [1.29, 1.82) is 0 Å². The summed E-state index contributed by atoms with van der Waals surface area (Å²) in [6.45, 7) is 15.6. The van der Waals surface area contributed by atoms with Gasteiger partial charge in [-0.15, -0.1) is 0 Å². The Balaban J connectivity index is 2.19. The third-order valence-corrected chi connectivity index (χ3v) is 3.55. The van der Waals surface area contributed by atoms with Gasteiger partial charge in [0.25, 0.3) is 0 Å². The van der Waals surface area contributed by atoms with Crippen LogP contribution in [-0.4, -0.2) is 35.3 Å². The molecular weight excluding hydrogens is 262 g/mol. The van der Waals surface area contributed by atoms with E-state index in [0.717, 1.165) is 25.5 Å². The van der Waals surface area contributed by atoms with E-state index in [2.05, 4.69) is 62.8 Å². The molecule has 1 atom stereocenters. The largest absolute Gasteiger partial charge is 0.369 e. The van der Waals surface area contributed by atoms with Gasteiger partial charge in [0.2, 0.25) is 0 Å². The molecule has 2 heterocycles. The van der Waals surface area contributed by atoms with Crippen LogP contribution in [0.25, 0.3) is 0 Å². The standard InChI is InChI=1S/C17H29N3O/c1-13-11-20(12-17(5,6)21-13)15-14(8-7-9-18-15)10-19-16(2,3)4/h7-9,13,19H,10-12H2,1-6H3. The summed E-state index contributed by atoms with van der Waals surface area (Å²) in [7, 11) is 0. The lowest BCUT2D eigenvalue weighted by molar-refractivity contribution is -0.0752. The number of anilines is 1. The quantitative estimate of drug-likeness (QED) is 0.929. The van der Waals surface area contributed by atoms with Gasteiger partial charge in [0, 0.05) is 36.9 Å². The van der Waals surface area contributed by atoms with Crippen molar-refractivity contribution < 1.29 is 4.74 Å². The van der Waals surface area contributed by atoms with Gasteiger partial charge in [-0.3, -0.25) is 0 Å². The van der Waals surface area contributed by atoms with E-state index in [9.17, 15) is 0 Å². The van der Waals surface area contributed by atoms with Crippen molar-refractivity contribution in [2.45, 2.75) is 65.3 Å². The minimum atomic E-state index is -0.135. The molecule has 1 fully saturated rings. The summed E-state index contributed by atoms with van der Waals surface area (Å²) < 4.78 is 5.99. The lowest BCUT2D eigenvalue weighted by Crippen LogP contribution is -2.52. The highest BCUT2D eigenvalue weighted by Gasteiger charge is 2.32. The van der Waals surface area contributed by atoms with Gasteiger partial charge in [-0.2, -0.15) is 0 Å². The molecule has 1 N–H and O–H groups in total. The molecule has 1 unspecified atom stereocenters. The maximum absolute atomic E-state index is 5.99. The van der Waals surface area contributed by atoms with Crippen molar-refractivity contribution in [2.75, 3.05) is 18.0 Å². The minimum Gasteiger partial charge on any atom is -0.369 e. The molecule has 0 bridgehead atoms. The van der Waals surface area contributed by atoms with E-state index in [1.54, 1.807) is 0 Å². The van der Waals surface area contributed by atoms with E-state index in [0.29, 0.717) is 0 Å². The second kappa shape index (κ2) is 5.93. The van der Waals surface area contributed by atoms with Gasteiger partial charge in [0.1, 0.15) is 5.82 Å². The molecule has 0 radical (unpaired) electrons. The lowest BCUT2D eigenvalue weighted by Gasteiger charge is -2.43. The molecule has 2 rings (SSSR count). The molecular formula is C17H29N3O. The first-order chi connectivity index (χ1) is 9.66. The fourth-order valence-corrected chi connectivity index (χ4v) is 2.83. The first-order valence-electron chi connectivity index (χ1n) is 7.78. The van der Waals surface area contributed by atoms with Gasteiger partial charge in [-0.25, -0.2) is 4.98 Å². The summed E-state index contributed by atoms with van der Waals surface area (Å²) in [5, 5.41) is 3.55. The van der Waals surface area contributed by atoms with Crippen LogP contribution in [0.1, 0.15) is 47.1 Å². The Morgan fingerprint density at radius 3 is 2.76 bits per heavy atom. The molecule has 1 aromatic heterocycles. The molecule has 4 heteroatoms. The van der Waals surface area contributed by atoms with Crippen LogP contribution in [-0.2, 0) is 11.3 Å². The van der Waals surface area contributed by atoms with Crippen molar-refractivity contribution in [3.05, 3.63) is 23.9 Å². The van der Waals surface area contributed by atoms with Crippen molar-refractivity contribution >= 4 is 5.82 Å². The molecule has 1 aromatic rings. The Morgan fingerprint density at radius 1 is 1.43 bits per heavy atom. The number of morpholine rings is 1. The van der Waals surface area contributed by atoms with Crippen LogP contribution in [0, 0.1) is 0 Å². The minimum absolute atomic E-state index is 0.102. The highest BCUT2D eigenvalue weighted by molar-refractivity contribution is 5.47. The molecule has 4 nitrogen and oxygen atoms in total. The second-order valence-corrected chi connectivity index (χ2v) is 7.66. The average Bonchev–Trinajstić information content (AvgIpc) is 2.33. The molecule has 1 aliphatic heterocycles. The van der Waals surface area contributed by atoms with Gasteiger partial charge < -0.3 is 15.0 Å². The van der Waals surface area contributed by atoms with Crippen LogP contribution in [0.15, 0.2) is 18.3 Å². The Kier molecular flexibility index (Phi) is 4.59. The summed E-state index contributed by atoms with van der Waals surface area (Å²) in [5.41, 5.74) is 1.21. The van der Waals surface area contributed by atoms with Gasteiger partial charge >= 0.3 is 0 Å². The van der Waals surface area contributed by atoms with Gasteiger partial charge in [-0.05, 0) is 47.6 Å². The smallest absolute Gasteiger partial charge is 0.133 e. The monoisotopic (exact) mass is 291 g/mol. The zero-order valence-corrected chi connectivity index (χ0v) is 14.2. The third-order valence-electron chi connectivity index (χ3n) is 3.55. The van der Waals surface area contributed by atoms with Crippen LogP contribution >= 0.6 is 0 Å². The van der Waals surface area contributed by atoms with Crippen LogP contribution in [0.5, 0.6) is 0 Å².